The molecule has 1 saturated carbocycles. The Hall–Kier alpha value is -2.24. The van der Waals surface area contributed by atoms with E-state index in [4.69, 9.17) is 9.47 Å². The highest BCUT2D eigenvalue weighted by Gasteiger charge is 2.25. The van der Waals surface area contributed by atoms with Gasteiger partial charge in [0.15, 0.2) is 11.5 Å². The van der Waals surface area contributed by atoms with E-state index in [1.165, 1.54) is 32.1 Å². The SMILES string of the molecule is COc1cccc(CCC(=O)N2CCN(C(=O)CCC3CCCCC3)CC2)c1OC. The highest BCUT2D eigenvalue weighted by Crippen LogP contribution is 2.31. The van der Waals surface area contributed by atoms with Crippen molar-refractivity contribution in [2.75, 3.05) is 40.4 Å². The summed E-state index contributed by atoms with van der Waals surface area (Å²) in [7, 11) is 3.23. The predicted octanol–water partition coefficient (Wildman–Crippen LogP) is 3.67. The van der Waals surface area contributed by atoms with Crippen LogP contribution in [-0.4, -0.2) is 62.0 Å². The molecule has 1 aliphatic heterocycles. The number of nitrogens with zero attached hydrogens (tertiary/aromatic N) is 2. The molecular formula is C24H36N2O4. The number of carbonyl (C=O) groups excluding carboxylic acids is 2. The van der Waals surface area contributed by atoms with Gasteiger partial charge in [-0.1, -0.05) is 44.2 Å². The third-order valence-electron chi connectivity index (χ3n) is 6.57. The van der Waals surface area contributed by atoms with E-state index in [-0.39, 0.29) is 11.8 Å². The largest absolute Gasteiger partial charge is 0.493 e. The van der Waals surface area contributed by atoms with Gasteiger partial charge in [0.2, 0.25) is 11.8 Å². The number of hydrogen-bond acceptors (Lipinski definition) is 4. The summed E-state index contributed by atoms with van der Waals surface area (Å²) in [5.41, 5.74) is 0.974. The zero-order valence-electron chi connectivity index (χ0n) is 18.5. The van der Waals surface area contributed by atoms with Crippen LogP contribution >= 0.6 is 0 Å². The lowest BCUT2D eigenvalue weighted by atomic mass is 9.86. The Bertz CT molecular complexity index is 707. The van der Waals surface area contributed by atoms with E-state index >= 15 is 0 Å². The molecule has 2 amide bonds. The lowest BCUT2D eigenvalue weighted by molar-refractivity contribution is -0.139. The van der Waals surface area contributed by atoms with Crippen LogP contribution in [-0.2, 0) is 16.0 Å². The van der Waals surface area contributed by atoms with E-state index in [1.807, 2.05) is 28.0 Å². The van der Waals surface area contributed by atoms with Crippen LogP contribution in [0.4, 0.5) is 0 Å². The van der Waals surface area contributed by atoms with Crippen LogP contribution in [0, 0.1) is 5.92 Å². The molecule has 30 heavy (non-hydrogen) atoms. The molecule has 0 spiro atoms. The summed E-state index contributed by atoms with van der Waals surface area (Å²) in [6, 6.07) is 5.74. The lowest BCUT2D eigenvalue weighted by Crippen LogP contribution is -2.50. The summed E-state index contributed by atoms with van der Waals surface area (Å²) in [5, 5.41) is 0. The number of benzene rings is 1. The van der Waals surface area contributed by atoms with Gasteiger partial charge in [-0.2, -0.15) is 0 Å². The molecule has 0 atom stereocenters. The van der Waals surface area contributed by atoms with Crippen molar-refractivity contribution >= 4 is 11.8 Å². The molecule has 0 aromatic heterocycles. The van der Waals surface area contributed by atoms with Gasteiger partial charge in [-0.15, -0.1) is 0 Å². The van der Waals surface area contributed by atoms with E-state index < -0.39 is 0 Å². The van der Waals surface area contributed by atoms with Crippen molar-refractivity contribution in [3.8, 4) is 11.5 Å². The Labute approximate surface area is 180 Å². The van der Waals surface area contributed by atoms with Crippen LogP contribution in [0.5, 0.6) is 11.5 Å². The van der Waals surface area contributed by atoms with Crippen molar-refractivity contribution in [3.05, 3.63) is 23.8 Å². The van der Waals surface area contributed by atoms with Crippen molar-refractivity contribution in [1.29, 1.82) is 0 Å². The molecule has 1 aromatic carbocycles. The van der Waals surface area contributed by atoms with Gasteiger partial charge >= 0.3 is 0 Å². The van der Waals surface area contributed by atoms with Gasteiger partial charge < -0.3 is 19.3 Å². The molecule has 6 heteroatoms. The standard InChI is InChI=1S/C24H36N2O4/c1-29-21-10-6-9-20(24(21)30-2)12-14-23(28)26-17-15-25(16-18-26)22(27)13-11-19-7-4-3-5-8-19/h6,9-10,19H,3-5,7-8,11-18H2,1-2H3. The Balaban J connectivity index is 1.41. The smallest absolute Gasteiger partial charge is 0.223 e. The first-order valence-corrected chi connectivity index (χ1v) is 11.4. The van der Waals surface area contributed by atoms with Crippen LogP contribution < -0.4 is 9.47 Å². The predicted molar refractivity (Wildman–Crippen MR) is 117 cm³/mol. The van der Waals surface area contributed by atoms with Crippen LogP contribution in [0.3, 0.4) is 0 Å². The first-order chi connectivity index (χ1) is 14.6. The molecular weight excluding hydrogens is 380 g/mol. The quantitative estimate of drug-likeness (QED) is 0.649. The number of hydrogen-bond donors (Lipinski definition) is 0. The van der Waals surface area contributed by atoms with Gasteiger partial charge in [-0.3, -0.25) is 9.59 Å². The highest BCUT2D eigenvalue weighted by atomic mass is 16.5. The zero-order valence-corrected chi connectivity index (χ0v) is 18.5. The second-order valence-electron chi connectivity index (χ2n) is 8.46. The Kier molecular flexibility index (Phi) is 8.40. The molecule has 0 radical (unpaired) electrons. The van der Waals surface area contributed by atoms with E-state index in [2.05, 4.69) is 0 Å². The van der Waals surface area contributed by atoms with Crippen molar-refractivity contribution in [3.63, 3.8) is 0 Å². The van der Waals surface area contributed by atoms with Crippen molar-refractivity contribution in [1.82, 2.24) is 9.80 Å². The maximum absolute atomic E-state index is 12.7. The molecule has 1 aromatic rings. The molecule has 1 heterocycles. The summed E-state index contributed by atoms with van der Waals surface area (Å²) in [6.45, 7) is 2.56. The number of piperazine rings is 1. The fraction of sp³-hybridized carbons (Fsp3) is 0.667. The van der Waals surface area contributed by atoms with Crippen LogP contribution in [0.15, 0.2) is 18.2 Å². The number of para-hydroxylation sites is 1. The third-order valence-corrected chi connectivity index (χ3v) is 6.57. The molecule has 3 rings (SSSR count). The van der Waals surface area contributed by atoms with Crippen LogP contribution in [0.1, 0.15) is 56.9 Å². The first-order valence-electron chi connectivity index (χ1n) is 11.4. The van der Waals surface area contributed by atoms with Gasteiger partial charge in [0.05, 0.1) is 14.2 Å². The van der Waals surface area contributed by atoms with Crippen molar-refractivity contribution in [2.45, 2.75) is 57.8 Å². The summed E-state index contributed by atoms with van der Waals surface area (Å²) < 4.78 is 10.8. The average molecular weight is 417 g/mol. The maximum Gasteiger partial charge on any atom is 0.223 e. The normalized spacial score (nSPS) is 17.7. The van der Waals surface area contributed by atoms with Crippen molar-refractivity contribution < 1.29 is 19.1 Å². The molecule has 166 valence electrons. The Morgan fingerprint density at radius 3 is 2.13 bits per heavy atom. The number of rotatable bonds is 8. The minimum atomic E-state index is 0.133. The van der Waals surface area contributed by atoms with Crippen LogP contribution in [0.25, 0.3) is 0 Å². The minimum Gasteiger partial charge on any atom is -0.493 e. The van der Waals surface area contributed by atoms with Gasteiger partial charge in [0.1, 0.15) is 0 Å². The van der Waals surface area contributed by atoms with E-state index in [9.17, 15) is 9.59 Å². The average Bonchev–Trinajstić information content (AvgIpc) is 2.81. The second-order valence-corrected chi connectivity index (χ2v) is 8.46. The summed E-state index contributed by atoms with van der Waals surface area (Å²) >= 11 is 0. The second kappa shape index (κ2) is 11.2. The Morgan fingerprint density at radius 1 is 0.900 bits per heavy atom. The third kappa shape index (κ3) is 5.89. The maximum atomic E-state index is 12.7. The zero-order chi connectivity index (χ0) is 21.3. The minimum absolute atomic E-state index is 0.133. The number of carbonyl (C=O) groups is 2. The summed E-state index contributed by atoms with van der Waals surface area (Å²) in [6.07, 6.45) is 9.29. The van der Waals surface area contributed by atoms with Gasteiger partial charge in [0.25, 0.3) is 0 Å². The molecule has 0 unspecified atom stereocenters. The van der Waals surface area contributed by atoms with Gasteiger partial charge in [-0.05, 0) is 30.4 Å². The molecule has 2 fully saturated rings. The van der Waals surface area contributed by atoms with Crippen LogP contribution in [0.2, 0.25) is 0 Å². The molecule has 6 nitrogen and oxygen atoms in total. The molecule has 2 aliphatic rings. The summed E-state index contributed by atoms with van der Waals surface area (Å²) in [5.74, 6) is 2.51. The van der Waals surface area contributed by atoms with E-state index in [0.29, 0.717) is 56.9 Å². The number of aryl methyl sites for hydroxylation is 1. The first kappa shape index (κ1) is 22.4. The van der Waals surface area contributed by atoms with E-state index in [1.54, 1.807) is 14.2 Å². The van der Waals surface area contributed by atoms with Gasteiger partial charge in [-0.25, -0.2) is 0 Å². The number of ether oxygens (including phenoxy) is 2. The van der Waals surface area contributed by atoms with Crippen molar-refractivity contribution in [2.24, 2.45) is 5.92 Å². The summed E-state index contributed by atoms with van der Waals surface area (Å²) in [4.78, 5) is 29.1. The Morgan fingerprint density at radius 2 is 1.53 bits per heavy atom. The fourth-order valence-electron chi connectivity index (χ4n) is 4.72. The molecule has 1 saturated heterocycles. The van der Waals surface area contributed by atoms with Gasteiger partial charge in [0, 0.05) is 39.0 Å². The monoisotopic (exact) mass is 416 g/mol. The number of methoxy groups -OCH3 is 2. The molecule has 1 aliphatic carbocycles. The lowest BCUT2D eigenvalue weighted by Gasteiger charge is -2.35. The van der Waals surface area contributed by atoms with E-state index in [0.717, 1.165) is 17.9 Å². The number of amides is 2. The highest BCUT2D eigenvalue weighted by molar-refractivity contribution is 5.78. The molecule has 0 bridgehead atoms. The molecule has 0 N–H and O–H groups in total. The topological polar surface area (TPSA) is 59.1 Å². The fourth-order valence-corrected chi connectivity index (χ4v) is 4.72.